The predicted octanol–water partition coefficient (Wildman–Crippen LogP) is 3.36. The minimum absolute atomic E-state index is 0.0620. The number of hydrogen-bond acceptors (Lipinski definition) is 4. The molecule has 0 saturated heterocycles. The van der Waals surface area contributed by atoms with Gasteiger partial charge in [-0.15, -0.1) is 11.3 Å². The number of carbonyl (C=O) groups is 1. The number of nitrogens with zero attached hydrogens (tertiary/aromatic N) is 4. The number of aryl methyl sites for hydroxylation is 2. The molecule has 3 aromatic heterocycles. The molecule has 0 bridgehead atoms. The van der Waals surface area contributed by atoms with Crippen LogP contribution in [0.15, 0.2) is 18.3 Å². The van der Waals surface area contributed by atoms with Crippen LogP contribution in [0.1, 0.15) is 40.9 Å². The molecule has 1 amide bonds. The number of nitrogens with one attached hydrogen (secondary N) is 1. The molecule has 0 spiro atoms. The molecule has 0 saturated carbocycles. The number of amides is 1. The van der Waals surface area contributed by atoms with E-state index in [9.17, 15) is 18.0 Å². The highest BCUT2D eigenvalue weighted by molar-refractivity contribution is 7.20. The summed E-state index contributed by atoms with van der Waals surface area (Å²) in [5.41, 5.74) is -0.288. The summed E-state index contributed by atoms with van der Waals surface area (Å²) >= 11 is 0.979. The molecule has 3 aromatic rings. The lowest BCUT2D eigenvalue weighted by Crippen LogP contribution is -2.26. The van der Waals surface area contributed by atoms with Crippen molar-refractivity contribution in [3.05, 3.63) is 34.6 Å². The highest BCUT2D eigenvalue weighted by Crippen LogP contribution is 2.37. The lowest BCUT2D eigenvalue weighted by molar-refractivity contribution is -0.140. The summed E-state index contributed by atoms with van der Waals surface area (Å²) < 4.78 is 42.0. The predicted molar refractivity (Wildman–Crippen MR) is 87.4 cm³/mol. The zero-order valence-electron chi connectivity index (χ0n) is 13.8. The van der Waals surface area contributed by atoms with E-state index in [1.54, 1.807) is 23.9 Å². The SMILES string of the molecule is CCn1ccc([C@@H](C)NC(=O)c2cc3c(C(F)(F)F)nn(C)c3s2)n1. The molecule has 134 valence electrons. The molecule has 6 nitrogen and oxygen atoms in total. The summed E-state index contributed by atoms with van der Waals surface area (Å²) in [7, 11) is 1.43. The standard InChI is InChI=1S/C15H16F3N5OS/c1-4-23-6-5-10(20-23)8(2)19-13(24)11-7-9-12(15(16,17)18)21-22(3)14(9)25-11/h5-8H,4H2,1-3H3,(H,19,24)/t8-/m1/s1. The molecule has 0 unspecified atom stereocenters. The molecule has 0 fully saturated rings. The second kappa shape index (κ2) is 6.17. The van der Waals surface area contributed by atoms with E-state index >= 15 is 0 Å². The summed E-state index contributed by atoms with van der Waals surface area (Å²) in [4.78, 5) is 12.9. The zero-order valence-corrected chi connectivity index (χ0v) is 14.6. The van der Waals surface area contributed by atoms with Crippen molar-refractivity contribution in [2.24, 2.45) is 7.05 Å². The minimum Gasteiger partial charge on any atom is -0.343 e. The van der Waals surface area contributed by atoms with Crippen LogP contribution in [0, 0.1) is 0 Å². The van der Waals surface area contributed by atoms with Gasteiger partial charge in [-0.2, -0.15) is 23.4 Å². The number of thiophene rings is 1. The number of fused-ring (bicyclic) bond motifs is 1. The Balaban J connectivity index is 1.85. The Bertz CT molecular complexity index is 924. The van der Waals surface area contributed by atoms with Crippen molar-refractivity contribution in [3.8, 4) is 0 Å². The fourth-order valence-electron chi connectivity index (χ4n) is 2.49. The van der Waals surface area contributed by atoms with Crippen LogP contribution >= 0.6 is 11.3 Å². The van der Waals surface area contributed by atoms with Gasteiger partial charge in [-0.3, -0.25) is 14.2 Å². The quantitative estimate of drug-likeness (QED) is 0.765. The first kappa shape index (κ1) is 17.5. The average Bonchev–Trinajstić information content (AvgIpc) is 3.22. The van der Waals surface area contributed by atoms with Crippen molar-refractivity contribution < 1.29 is 18.0 Å². The summed E-state index contributed by atoms with van der Waals surface area (Å²) in [6.45, 7) is 4.43. The van der Waals surface area contributed by atoms with Gasteiger partial charge in [0.25, 0.3) is 5.91 Å². The highest BCUT2D eigenvalue weighted by Gasteiger charge is 2.37. The second-order valence-corrected chi connectivity index (χ2v) is 6.62. The van der Waals surface area contributed by atoms with Crippen LogP contribution < -0.4 is 5.32 Å². The number of hydrogen-bond donors (Lipinski definition) is 1. The topological polar surface area (TPSA) is 64.7 Å². The molecule has 0 aromatic carbocycles. The van der Waals surface area contributed by atoms with E-state index in [-0.39, 0.29) is 16.3 Å². The molecule has 1 atom stereocenters. The zero-order chi connectivity index (χ0) is 18.4. The van der Waals surface area contributed by atoms with Gasteiger partial charge in [-0.05, 0) is 26.0 Å². The maximum Gasteiger partial charge on any atom is 0.435 e. The third kappa shape index (κ3) is 3.26. The van der Waals surface area contributed by atoms with Crippen LogP contribution in [0.2, 0.25) is 0 Å². The van der Waals surface area contributed by atoms with E-state index in [1.807, 2.05) is 6.92 Å². The van der Waals surface area contributed by atoms with Crippen molar-refractivity contribution >= 4 is 27.5 Å². The summed E-state index contributed by atoms with van der Waals surface area (Å²) in [5, 5.41) is 10.5. The molecule has 1 N–H and O–H groups in total. The Hall–Kier alpha value is -2.36. The van der Waals surface area contributed by atoms with Gasteiger partial charge in [0.15, 0.2) is 5.69 Å². The van der Waals surface area contributed by atoms with Gasteiger partial charge in [0.2, 0.25) is 0 Å². The first-order valence-corrected chi connectivity index (χ1v) is 8.40. The molecular formula is C15H16F3N5OS. The molecule has 0 aliphatic rings. The fraction of sp³-hybridized carbons (Fsp3) is 0.400. The highest BCUT2D eigenvalue weighted by atomic mass is 32.1. The van der Waals surface area contributed by atoms with Gasteiger partial charge < -0.3 is 5.32 Å². The molecule has 0 radical (unpaired) electrons. The number of carbonyl (C=O) groups excluding carboxylic acids is 1. The Kier molecular flexibility index (Phi) is 4.31. The Morgan fingerprint density at radius 1 is 1.40 bits per heavy atom. The van der Waals surface area contributed by atoms with E-state index in [4.69, 9.17) is 0 Å². The van der Waals surface area contributed by atoms with Gasteiger partial charge >= 0.3 is 6.18 Å². The van der Waals surface area contributed by atoms with Crippen LogP contribution in [0.25, 0.3) is 10.2 Å². The van der Waals surface area contributed by atoms with Crippen LogP contribution in [-0.2, 0) is 19.8 Å². The van der Waals surface area contributed by atoms with Gasteiger partial charge in [-0.1, -0.05) is 0 Å². The van der Waals surface area contributed by atoms with Crippen LogP contribution in [0.4, 0.5) is 13.2 Å². The number of rotatable bonds is 4. The Morgan fingerprint density at radius 2 is 2.12 bits per heavy atom. The van der Waals surface area contributed by atoms with Crippen molar-refractivity contribution in [3.63, 3.8) is 0 Å². The van der Waals surface area contributed by atoms with Gasteiger partial charge in [-0.25, -0.2) is 0 Å². The number of halogens is 3. The normalized spacial score (nSPS) is 13.4. The van der Waals surface area contributed by atoms with Crippen molar-refractivity contribution in [2.75, 3.05) is 0 Å². The first-order valence-electron chi connectivity index (χ1n) is 7.58. The van der Waals surface area contributed by atoms with Gasteiger partial charge in [0.05, 0.1) is 16.6 Å². The third-order valence-electron chi connectivity index (χ3n) is 3.78. The summed E-state index contributed by atoms with van der Waals surface area (Å²) in [6, 6.07) is 2.68. The van der Waals surface area contributed by atoms with E-state index < -0.39 is 17.8 Å². The molecule has 10 heteroatoms. The largest absolute Gasteiger partial charge is 0.435 e. The third-order valence-corrected chi connectivity index (χ3v) is 4.98. The number of alkyl halides is 3. The van der Waals surface area contributed by atoms with Crippen molar-refractivity contribution in [1.82, 2.24) is 24.9 Å². The van der Waals surface area contributed by atoms with Crippen molar-refractivity contribution in [1.29, 1.82) is 0 Å². The van der Waals surface area contributed by atoms with Crippen molar-refractivity contribution in [2.45, 2.75) is 32.6 Å². The molecule has 3 rings (SSSR count). The summed E-state index contributed by atoms with van der Waals surface area (Å²) in [6.07, 6.45) is -2.76. The number of aromatic nitrogens is 4. The lowest BCUT2D eigenvalue weighted by Gasteiger charge is -2.10. The molecule has 3 heterocycles. The smallest absolute Gasteiger partial charge is 0.343 e. The fourth-order valence-corrected chi connectivity index (χ4v) is 3.46. The monoisotopic (exact) mass is 371 g/mol. The average molecular weight is 371 g/mol. The van der Waals surface area contributed by atoms with Crippen LogP contribution in [0.5, 0.6) is 0 Å². The lowest BCUT2D eigenvalue weighted by atomic mass is 10.2. The molecular weight excluding hydrogens is 355 g/mol. The summed E-state index contributed by atoms with van der Waals surface area (Å²) in [5.74, 6) is -0.437. The Morgan fingerprint density at radius 3 is 2.72 bits per heavy atom. The molecule has 0 aliphatic heterocycles. The van der Waals surface area contributed by atoms with E-state index in [0.717, 1.165) is 16.0 Å². The minimum atomic E-state index is -4.56. The van der Waals surface area contributed by atoms with Gasteiger partial charge in [0.1, 0.15) is 4.83 Å². The maximum atomic E-state index is 13.0. The Labute approximate surface area is 145 Å². The van der Waals surface area contributed by atoms with Gasteiger partial charge in [0, 0.05) is 25.2 Å². The molecule has 0 aliphatic carbocycles. The van der Waals surface area contributed by atoms with Crippen LogP contribution in [0.3, 0.4) is 0 Å². The van der Waals surface area contributed by atoms with E-state index in [0.29, 0.717) is 17.1 Å². The van der Waals surface area contributed by atoms with Crippen LogP contribution in [-0.4, -0.2) is 25.5 Å². The van der Waals surface area contributed by atoms with E-state index in [1.165, 1.54) is 13.1 Å². The maximum absolute atomic E-state index is 13.0. The second-order valence-electron chi connectivity index (χ2n) is 5.59. The van der Waals surface area contributed by atoms with E-state index in [2.05, 4.69) is 15.5 Å². The molecule has 25 heavy (non-hydrogen) atoms. The first-order chi connectivity index (χ1) is 11.7.